The minimum absolute atomic E-state index is 0.235. The van der Waals surface area contributed by atoms with Gasteiger partial charge in [0.25, 0.3) is 0 Å². The van der Waals surface area contributed by atoms with E-state index in [-0.39, 0.29) is 6.79 Å². The third kappa shape index (κ3) is 4.09. The maximum atomic E-state index is 6.65. The van der Waals surface area contributed by atoms with E-state index in [0.717, 1.165) is 59.6 Å². The van der Waals surface area contributed by atoms with E-state index in [9.17, 15) is 0 Å². The van der Waals surface area contributed by atoms with Crippen LogP contribution >= 0.6 is 34.8 Å². The fraction of sp³-hybridized carbons (Fsp3) is 0.440. The molecule has 5 rings (SSSR count). The van der Waals surface area contributed by atoms with Gasteiger partial charge in [-0.1, -0.05) is 60.6 Å². The van der Waals surface area contributed by atoms with Gasteiger partial charge in [-0.15, -0.1) is 0 Å². The van der Waals surface area contributed by atoms with Crippen LogP contribution in [0.3, 0.4) is 0 Å². The van der Waals surface area contributed by atoms with Crippen LogP contribution < -0.4 is 18.9 Å². The maximum Gasteiger partial charge on any atom is 0.231 e. The molecule has 0 fully saturated rings. The lowest BCUT2D eigenvalue weighted by molar-refractivity contribution is 0.174. The molecular weight excluding hydrogens is 485 g/mol. The summed E-state index contributed by atoms with van der Waals surface area (Å²) in [5.41, 5.74) is 5.06. The lowest BCUT2D eigenvalue weighted by Crippen LogP contribution is -2.41. The first-order valence-electron chi connectivity index (χ1n) is 11.2. The molecule has 5 nitrogen and oxygen atoms in total. The van der Waals surface area contributed by atoms with E-state index in [0.29, 0.717) is 24.7 Å². The number of rotatable bonds is 6. The number of methoxy groups -OCH3 is 1. The number of benzene rings is 2. The SMILES string of the molecule is CCCCCOc1c(OC)ccc2c1[C@H](C(Cl)(Cl)Cl)N1CCc3cc4c(cc3C1=C2)OCO4. The van der Waals surface area contributed by atoms with E-state index < -0.39 is 9.83 Å². The molecule has 2 aromatic rings. The zero-order valence-corrected chi connectivity index (χ0v) is 20.9. The lowest BCUT2D eigenvalue weighted by Gasteiger charge is -2.46. The largest absolute Gasteiger partial charge is 0.493 e. The van der Waals surface area contributed by atoms with Crippen LogP contribution in [0.15, 0.2) is 24.3 Å². The number of unbranched alkanes of at least 4 members (excludes halogenated alkanes) is 2. The second-order valence-corrected chi connectivity index (χ2v) is 10.8. The number of fused-ring (bicyclic) bond motifs is 5. The van der Waals surface area contributed by atoms with Gasteiger partial charge in [-0.25, -0.2) is 0 Å². The first kappa shape index (κ1) is 22.8. The molecule has 33 heavy (non-hydrogen) atoms. The fourth-order valence-electron chi connectivity index (χ4n) is 4.86. The molecule has 0 bridgehead atoms. The number of ether oxygens (including phenoxy) is 4. The molecule has 0 spiro atoms. The summed E-state index contributed by atoms with van der Waals surface area (Å²) >= 11 is 20.0. The zero-order valence-electron chi connectivity index (χ0n) is 18.6. The Bertz CT molecular complexity index is 1100. The summed E-state index contributed by atoms with van der Waals surface area (Å²) < 4.78 is 21.5. The van der Waals surface area contributed by atoms with Crippen molar-refractivity contribution >= 4 is 46.6 Å². The van der Waals surface area contributed by atoms with Crippen molar-refractivity contribution in [3.05, 3.63) is 46.5 Å². The van der Waals surface area contributed by atoms with Crippen molar-refractivity contribution in [2.45, 2.75) is 42.4 Å². The molecule has 1 atom stereocenters. The van der Waals surface area contributed by atoms with Crippen molar-refractivity contribution in [1.29, 1.82) is 0 Å². The van der Waals surface area contributed by atoms with Gasteiger partial charge < -0.3 is 23.8 Å². The summed E-state index contributed by atoms with van der Waals surface area (Å²) in [7, 11) is 1.63. The molecule has 0 N–H and O–H groups in total. The predicted octanol–water partition coefficient (Wildman–Crippen LogP) is 6.77. The average molecular weight is 511 g/mol. The number of nitrogens with zero attached hydrogens (tertiary/aromatic N) is 1. The van der Waals surface area contributed by atoms with E-state index in [4.69, 9.17) is 53.8 Å². The molecule has 8 heteroatoms. The summed E-state index contributed by atoms with van der Waals surface area (Å²) in [6.45, 7) is 3.68. The number of hydrogen-bond donors (Lipinski definition) is 0. The first-order valence-corrected chi connectivity index (χ1v) is 12.4. The summed E-state index contributed by atoms with van der Waals surface area (Å²) in [4.78, 5) is 2.16. The zero-order chi connectivity index (χ0) is 23.2. The Morgan fingerprint density at radius 3 is 2.64 bits per heavy atom. The summed E-state index contributed by atoms with van der Waals surface area (Å²) in [6, 6.07) is 7.47. The number of hydrogen-bond acceptors (Lipinski definition) is 5. The quantitative estimate of drug-likeness (QED) is 0.317. The van der Waals surface area contributed by atoms with Crippen LogP contribution in [0.4, 0.5) is 0 Å². The van der Waals surface area contributed by atoms with E-state index in [2.05, 4.69) is 24.0 Å². The van der Waals surface area contributed by atoms with E-state index in [1.165, 1.54) is 5.56 Å². The van der Waals surface area contributed by atoms with E-state index >= 15 is 0 Å². The van der Waals surface area contributed by atoms with Crippen LogP contribution in [-0.4, -0.2) is 35.7 Å². The molecule has 0 saturated heterocycles. The molecule has 0 radical (unpaired) electrons. The van der Waals surface area contributed by atoms with Crippen LogP contribution in [0.1, 0.15) is 54.5 Å². The lowest BCUT2D eigenvalue weighted by atomic mass is 9.86. The molecule has 0 aromatic heterocycles. The van der Waals surface area contributed by atoms with Crippen LogP contribution in [0.2, 0.25) is 0 Å². The second-order valence-electron chi connectivity index (χ2n) is 8.44. The molecule has 3 aliphatic heterocycles. The van der Waals surface area contributed by atoms with Crippen LogP contribution in [-0.2, 0) is 6.42 Å². The minimum atomic E-state index is -1.59. The summed E-state index contributed by atoms with van der Waals surface area (Å²) in [5, 5.41) is 0. The molecule has 3 aliphatic rings. The predicted molar refractivity (Wildman–Crippen MR) is 132 cm³/mol. The Balaban J connectivity index is 1.65. The summed E-state index contributed by atoms with van der Waals surface area (Å²) in [6.07, 6.45) is 6.09. The van der Waals surface area contributed by atoms with Crippen LogP contribution in [0, 0.1) is 0 Å². The van der Waals surface area contributed by atoms with Crippen molar-refractivity contribution in [3.63, 3.8) is 0 Å². The molecule has 2 aromatic carbocycles. The maximum absolute atomic E-state index is 6.65. The van der Waals surface area contributed by atoms with Gasteiger partial charge in [-0.3, -0.25) is 0 Å². The fourth-order valence-corrected chi connectivity index (χ4v) is 5.54. The molecule has 0 saturated carbocycles. The van der Waals surface area contributed by atoms with Crippen molar-refractivity contribution in [1.82, 2.24) is 4.90 Å². The molecular formula is C25H26Cl3NO4. The van der Waals surface area contributed by atoms with Gasteiger partial charge >= 0.3 is 0 Å². The van der Waals surface area contributed by atoms with Gasteiger partial charge in [0.15, 0.2) is 23.0 Å². The number of halogens is 3. The van der Waals surface area contributed by atoms with Crippen molar-refractivity contribution in [2.24, 2.45) is 0 Å². The third-order valence-electron chi connectivity index (χ3n) is 6.40. The van der Waals surface area contributed by atoms with Crippen molar-refractivity contribution in [3.8, 4) is 23.0 Å². The Labute approximate surface area is 209 Å². The molecule has 0 aliphatic carbocycles. The van der Waals surface area contributed by atoms with E-state index in [1.807, 2.05) is 18.2 Å². The monoisotopic (exact) mass is 509 g/mol. The van der Waals surface area contributed by atoms with Crippen molar-refractivity contribution in [2.75, 3.05) is 27.1 Å². The standard InChI is InChI=1S/C25H26Cl3NO4/c1-3-4-5-10-31-23-19(30-2)7-6-16-11-18-17-13-21-20(32-14-33-21)12-15(17)8-9-29(18)24(22(16)23)25(26,27)28/h6-7,11-13,24H,3-5,8-10,14H2,1-2H3/t24-/m1/s1. The van der Waals surface area contributed by atoms with Crippen LogP contribution in [0.25, 0.3) is 11.8 Å². The Kier molecular flexibility index (Phi) is 6.23. The van der Waals surface area contributed by atoms with Crippen molar-refractivity contribution < 1.29 is 18.9 Å². The smallest absolute Gasteiger partial charge is 0.231 e. The molecule has 176 valence electrons. The Hall–Kier alpha value is -1.95. The third-order valence-corrected chi connectivity index (χ3v) is 7.02. The highest BCUT2D eigenvalue weighted by Gasteiger charge is 2.46. The average Bonchev–Trinajstić information content (AvgIpc) is 3.25. The highest BCUT2D eigenvalue weighted by atomic mass is 35.6. The highest BCUT2D eigenvalue weighted by Crippen LogP contribution is 2.56. The molecule has 0 amide bonds. The van der Waals surface area contributed by atoms with Gasteiger partial charge in [0.1, 0.15) is 6.04 Å². The summed E-state index contributed by atoms with van der Waals surface area (Å²) in [5.74, 6) is 2.81. The van der Waals surface area contributed by atoms with E-state index in [1.54, 1.807) is 7.11 Å². The first-order chi connectivity index (χ1) is 15.9. The van der Waals surface area contributed by atoms with Gasteiger partial charge in [-0.2, -0.15) is 0 Å². The van der Waals surface area contributed by atoms with Gasteiger partial charge in [0.2, 0.25) is 10.6 Å². The Morgan fingerprint density at radius 1 is 1.12 bits per heavy atom. The Morgan fingerprint density at radius 2 is 1.91 bits per heavy atom. The van der Waals surface area contributed by atoms with Crippen LogP contribution in [0.5, 0.6) is 23.0 Å². The minimum Gasteiger partial charge on any atom is -0.493 e. The molecule has 3 heterocycles. The van der Waals surface area contributed by atoms with Gasteiger partial charge in [0, 0.05) is 23.4 Å². The molecule has 0 unspecified atom stereocenters. The van der Waals surface area contributed by atoms with Gasteiger partial charge in [0.05, 0.1) is 13.7 Å². The normalized spacial score (nSPS) is 18.3. The number of alkyl halides is 3. The topological polar surface area (TPSA) is 40.2 Å². The highest BCUT2D eigenvalue weighted by molar-refractivity contribution is 6.68. The second kappa shape index (κ2) is 9.01. The van der Waals surface area contributed by atoms with Gasteiger partial charge in [-0.05, 0) is 48.2 Å².